The van der Waals surface area contributed by atoms with Crippen molar-refractivity contribution < 1.29 is 0 Å². The molecule has 0 amide bonds. The predicted octanol–water partition coefficient (Wildman–Crippen LogP) is 15.9. The lowest BCUT2D eigenvalue weighted by molar-refractivity contribution is 0.660. The van der Waals surface area contributed by atoms with Crippen LogP contribution in [0.1, 0.15) is 30.5 Å². The average molecular weight is 769 g/mol. The fourth-order valence-corrected chi connectivity index (χ4v) is 9.59. The summed E-state index contributed by atoms with van der Waals surface area (Å²) in [5, 5.41) is 2.56. The summed E-state index contributed by atoms with van der Waals surface area (Å²) in [7, 11) is 0. The quantitative estimate of drug-likeness (QED) is 0.157. The Hall–Kier alpha value is -7.42. The van der Waals surface area contributed by atoms with Gasteiger partial charge in [-0.25, -0.2) is 0 Å². The Balaban J connectivity index is 1.03. The number of benzene rings is 9. The van der Waals surface area contributed by atoms with Crippen molar-refractivity contribution in [3.8, 4) is 50.2 Å². The standard InChI is InChI=1S/C58H44N2/c1-39-22-28-44(29-23-39)59(45-30-33-48(53(36-45)42-16-8-5-9-17-42)43-26-24-41(25-27-43)40-14-6-4-7-15-40)46-31-34-49-50-35-32-47(38-55(50)58(2,3)54(49)37-46)60-56-20-12-10-18-51(56)52-19-11-13-21-57(52)60/h4-38H,1-3H3. The summed E-state index contributed by atoms with van der Waals surface area (Å²) in [6.07, 6.45) is 0. The van der Waals surface area contributed by atoms with E-state index < -0.39 is 0 Å². The van der Waals surface area contributed by atoms with Crippen LogP contribution < -0.4 is 4.90 Å². The lowest BCUT2D eigenvalue weighted by Crippen LogP contribution is -2.17. The maximum atomic E-state index is 2.44. The highest BCUT2D eigenvalue weighted by molar-refractivity contribution is 6.09. The van der Waals surface area contributed by atoms with Gasteiger partial charge >= 0.3 is 0 Å². The highest BCUT2D eigenvalue weighted by Crippen LogP contribution is 2.52. The number of aromatic nitrogens is 1. The van der Waals surface area contributed by atoms with Gasteiger partial charge in [0.25, 0.3) is 0 Å². The molecule has 1 heterocycles. The molecule has 0 bridgehead atoms. The number of anilines is 3. The molecule has 0 N–H and O–H groups in total. The second-order valence-corrected chi connectivity index (χ2v) is 16.7. The van der Waals surface area contributed by atoms with Gasteiger partial charge in [-0.2, -0.15) is 0 Å². The summed E-state index contributed by atoms with van der Waals surface area (Å²) in [5.41, 5.74) is 20.6. The first-order valence-corrected chi connectivity index (χ1v) is 20.9. The van der Waals surface area contributed by atoms with Gasteiger partial charge < -0.3 is 9.47 Å². The van der Waals surface area contributed by atoms with E-state index in [0.29, 0.717) is 0 Å². The fraction of sp³-hybridized carbons (Fsp3) is 0.0690. The lowest BCUT2D eigenvalue weighted by Gasteiger charge is -2.29. The molecule has 1 aliphatic carbocycles. The van der Waals surface area contributed by atoms with Crippen molar-refractivity contribution in [2.75, 3.05) is 4.90 Å². The third kappa shape index (κ3) is 5.87. The Kier molecular flexibility index (Phi) is 8.42. The van der Waals surface area contributed by atoms with Crippen molar-refractivity contribution in [1.29, 1.82) is 0 Å². The molecule has 10 aromatic rings. The molecule has 1 aliphatic rings. The van der Waals surface area contributed by atoms with E-state index in [9.17, 15) is 0 Å². The van der Waals surface area contributed by atoms with Crippen LogP contribution in [0.4, 0.5) is 17.1 Å². The molecule has 286 valence electrons. The second-order valence-electron chi connectivity index (χ2n) is 16.7. The molecule has 2 nitrogen and oxygen atoms in total. The Morgan fingerprint density at radius 3 is 1.48 bits per heavy atom. The van der Waals surface area contributed by atoms with Crippen LogP contribution in [-0.2, 0) is 5.41 Å². The van der Waals surface area contributed by atoms with Crippen LogP contribution in [0.15, 0.2) is 212 Å². The van der Waals surface area contributed by atoms with Crippen LogP contribution >= 0.6 is 0 Å². The molecular formula is C58H44N2. The van der Waals surface area contributed by atoms with Gasteiger partial charge in [0.15, 0.2) is 0 Å². The van der Waals surface area contributed by atoms with Crippen LogP contribution in [0.5, 0.6) is 0 Å². The van der Waals surface area contributed by atoms with Gasteiger partial charge in [-0.3, -0.25) is 0 Å². The van der Waals surface area contributed by atoms with Gasteiger partial charge in [-0.15, -0.1) is 0 Å². The Morgan fingerprint density at radius 2 is 0.833 bits per heavy atom. The van der Waals surface area contributed by atoms with Crippen molar-refractivity contribution in [3.63, 3.8) is 0 Å². The van der Waals surface area contributed by atoms with E-state index in [1.807, 2.05) is 0 Å². The predicted molar refractivity (Wildman–Crippen MR) is 254 cm³/mol. The molecule has 0 unspecified atom stereocenters. The summed E-state index contributed by atoms with van der Waals surface area (Å²) >= 11 is 0. The number of para-hydroxylation sites is 2. The number of fused-ring (bicyclic) bond motifs is 6. The minimum atomic E-state index is -0.223. The van der Waals surface area contributed by atoms with Crippen molar-refractivity contribution in [3.05, 3.63) is 229 Å². The van der Waals surface area contributed by atoms with Crippen LogP contribution in [-0.4, -0.2) is 4.57 Å². The van der Waals surface area contributed by atoms with Crippen molar-refractivity contribution in [2.45, 2.75) is 26.2 Å². The van der Waals surface area contributed by atoms with E-state index in [-0.39, 0.29) is 5.41 Å². The van der Waals surface area contributed by atoms with E-state index >= 15 is 0 Å². The van der Waals surface area contributed by atoms with E-state index in [0.717, 1.165) is 17.1 Å². The average Bonchev–Trinajstić information content (AvgIpc) is 3.75. The van der Waals surface area contributed by atoms with Crippen molar-refractivity contribution in [2.24, 2.45) is 0 Å². The monoisotopic (exact) mass is 768 g/mol. The number of nitrogens with zero attached hydrogens (tertiary/aromatic N) is 2. The summed E-state index contributed by atoms with van der Waals surface area (Å²) in [5.74, 6) is 0. The molecule has 11 rings (SSSR count). The molecule has 2 heteroatoms. The first-order valence-electron chi connectivity index (χ1n) is 20.9. The molecular weight excluding hydrogens is 725 g/mol. The summed E-state index contributed by atoms with van der Waals surface area (Å²) in [4.78, 5) is 2.43. The van der Waals surface area contributed by atoms with Gasteiger partial charge in [0.2, 0.25) is 0 Å². The normalized spacial score (nSPS) is 12.7. The zero-order valence-corrected chi connectivity index (χ0v) is 34.1. The molecule has 0 radical (unpaired) electrons. The first kappa shape index (κ1) is 35.7. The zero-order chi connectivity index (χ0) is 40.4. The topological polar surface area (TPSA) is 8.17 Å². The lowest BCUT2D eigenvalue weighted by atomic mass is 9.82. The number of hydrogen-bond acceptors (Lipinski definition) is 1. The van der Waals surface area contributed by atoms with Crippen LogP contribution in [0.2, 0.25) is 0 Å². The fourth-order valence-electron chi connectivity index (χ4n) is 9.59. The van der Waals surface area contributed by atoms with Gasteiger partial charge in [0, 0.05) is 38.9 Å². The number of rotatable bonds is 7. The highest BCUT2D eigenvalue weighted by Gasteiger charge is 2.36. The minimum Gasteiger partial charge on any atom is -0.310 e. The van der Waals surface area contributed by atoms with Gasteiger partial charge in [-0.05, 0) is 123 Å². The molecule has 0 saturated carbocycles. The van der Waals surface area contributed by atoms with Crippen molar-refractivity contribution in [1.82, 2.24) is 4.57 Å². The highest BCUT2D eigenvalue weighted by atomic mass is 15.1. The van der Waals surface area contributed by atoms with E-state index in [2.05, 4.69) is 243 Å². The van der Waals surface area contributed by atoms with E-state index in [1.165, 1.54) is 88.7 Å². The maximum absolute atomic E-state index is 2.44. The molecule has 0 saturated heterocycles. The Morgan fingerprint density at radius 1 is 0.367 bits per heavy atom. The molecule has 0 fully saturated rings. The molecule has 0 atom stereocenters. The van der Waals surface area contributed by atoms with E-state index in [1.54, 1.807) is 0 Å². The summed E-state index contributed by atoms with van der Waals surface area (Å²) in [6, 6.07) is 78.0. The Labute approximate surface area is 352 Å². The molecule has 0 aliphatic heterocycles. The van der Waals surface area contributed by atoms with E-state index in [4.69, 9.17) is 0 Å². The van der Waals surface area contributed by atoms with Crippen molar-refractivity contribution >= 4 is 38.9 Å². The van der Waals surface area contributed by atoms with Gasteiger partial charge in [-0.1, -0.05) is 171 Å². The maximum Gasteiger partial charge on any atom is 0.0541 e. The van der Waals surface area contributed by atoms with Crippen LogP contribution in [0, 0.1) is 6.92 Å². The van der Waals surface area contributed by atoms with Gasteiger partial charge in [0.05, 0.1) is 11.0 Å². The van der Waals surface area contributed by atoms with Gasteiger partial charge in [0.1, 0.15) is 0 Å². The second kappa shape index (κ2) is 14.1. The third-order valence-corrected chi connectivity index (χ3v) is 12.7. The Bertz CT molecular complexity index is 3150. The van der Waals surface area contributed by atoms with Crippen LogP contribution in [0.3, 0.4) is 0 Å². The molecule has 9 aromatic carbocycles. The largest absolute Gasteiger partial charge is 0.310 e. The minimum absolute atomic E-state index is 0.223. The molecule has 0 spiro atoms. The molecule has 60 heavy (non-hydrogen) atoms. The third-order valence-electron chi connectivity index (χ3n) is 12.7. The number of aryl methyl sites for hydroxylation is 1. The smallest absolute Gasteiger partial charge is 0.0541 e. The summed E-state index contributed by atoms with van der Waals surface area (Å²) in [6.45, 7) is 6.93. The zero-order valence-electron chi connectivity index (χ0n) is 34.1. The first-order chi connectivity index (χ1) is 29.4. The SMILES string of the molecule is Cc1ccc(N(c2ccc(-c3ccc(-c4ccccc4)cc3)c(-c3ccccc3)c2)c2ccc3c(c2)C(C)(C)c2cc(-n4c5ccccc5c5ccccc54)ccc2-3)cc1. The number of hydrogen-bond donors (Lipinski definition) is 0. The summed E-state index contributed by atoms with van der Waals surface area (Å²) < 4.78 is 2.43. The van der Waals surface area contributed by atoms with Crippen LogP contribution in [0.25, 0.3) is 72.0 Å². The molecule has 1 aromatic heterocycles.